The molecule has 26 heavy (non-hydrogen) atoms. The maximum absolute atomic E-state index is 12.9. The lowest BCUT2D eigenvalue weighted by Crippen LogP contribution is -2.62. The standard InChI is InChI=1S/C17H25N3O5S/c21-14-12-26(25)11-13(15(22)18-7-3-1-4-8-18)20(14)17(24)16(23)19-9-5-2-6-10-19/h13H,1-12H2. The average molecular weight is 383 g/mol. The number of hydrogen-bond acceptors (Lipinski definition) is 5. The highest BCUT2D eigenvalue weighted by molar-refractivity contribution is 7.85. The van der Waals surface area contributed by atoms with Gasteiger partial charge in [-0.25, -0.2) is 0 Å². The lowest BCUT2D eigenvalue weighted by Gasteiger charge is -2.37. The zero-order valence-electron chi connectivity index (χ0n) is 14.9. The minimum Gasteiger partial charge on any atom is -0.341 e. The van der Waals surface area contributed by atoms with Crippen molar-refractivity contribution in [3.8, 4) is 0 Å². The number of carbonyl (C=O) groups is 4. The van der Waals surface area contributed by atoms with Crippen molar-refractivity contribution in [3.05, 3.63) is 0 Å². The molecule has 3 heterocycles. The third kappa shape index (κ3) is 3.97. The summed E-state index contributed by atoms with van der Waals surface area (Å²) in [6.45, 7) is 2.11. The summed E-state index contributed by atoms with van der Waals surface area (Å²) in [5, 5.41) is 0. The number of piperidine rings is 2. The van der Waals surface area contributed by atoms with Crippen LogP contribution in [-0.4, -0.2) is 86.3 Å². The van der Waals surface area contributed by atoms with Crippen molar-refractivity contribution in [1.29, 1.82) is 0 Å². The van der Waals surface area contributed by atoms with Crippen LogP contribution in [0.1, 0.15) is 38.5 Å². The summed E-state index contributed by atoms with van der Waals surface area (Å²) in [7, 11) is -1.50. The van der Waals surface area contributed by atoms with Gasteiger partial charge in [-0.2, -0.15) is 0 Å². The van der Waals surface area contributed by atoms with E-state index in [1.807, 2.05) is 0 Å². The van der Waals surface area contributed by atoms with Gasteiger partial charge in [-0.1, -0.05) is 0 Å². The Bertz CT molecular complexity index is 626. The van der Waals surface area contributed by atoms with Crippen molar-refractivity contribution in [2.24, 2.45) is 0 Å². The summed E-state index contributed by atoms with van der Waals surface area (Å²) in [5.41, 5.74) is 0. The van der Waals surface area contributed by atoms with Crippen LogP contribution in [0.4, 0.5) is 0 Å². The van der Waals surface area contributed by atoms with E-state index in [4.69, 9.17) is 0 Å². The number of carbonyl (C=O) groups excluding carboxylic acids is 4. The lowest BCUT2D eigenvalue weighted by molar-refractivity contribution is -0.161. The molecular formula is C17H25N3O5S. The van der Waals surface area contributed by atoms with Crippen molar-refractivity contribution < 1.29 is 23.4 Å². The molecule has 3 rings (SSSR count). The second-order valence-electron chi connectivity index (χ2n) is 7.07. The summed E-state index contributed by atoms with van der Waals surface area (Å²) in [6.07, 6.45) is 5.44. The zero-order chi connectivity index (χ0) is 18.7. The van der Waals surface area contributed by atoms with E-state index < -0.39 is 34.6 Å². The summed E-state index contributed by atoms with van der Waals surface area (Å²) in [5.74, 6) is -3.15. The Morgan fingerprint density at radius 1 is 0.808 bits per heavy atom. The van der Waals surface area contributed by atoms with E-state index in [0.717, 1.165) is 43.4 Å². The summed E-state index contributed by atoms with van der Waals surface area (Å²) in [4.78, 5) is 54.4. The Morgan fingerprint density at radius 2 is 1.35 bits per heavy atom. The highest BCUT2D eigenvalue weighted by Gasteiger charge is 2.45. The van der Waals surface area contributed by atoms with Gasteiger partial charge in [0.2, 0.25) is 11.8 Å². The first-order chi connectivity index (χ1) is 12.5. The molecule has 0 saturated carbocycles. The molecule has 0 spiro atoms. The van der Waals surface area contributed by atoms with Gasteiger partial charge < -0.3 is 9.80 Å². The van der Waals surface area contributed by atoms with Crippen LogP contribution in [0.5, 0.6) is 0 Å². The van der Waals surface area contributed by atoms with Crippen LogP contribution in [0.2, 0.25) is 0 Å². The fraction of sp³-hybridized carbons (Fsp3) is 0.765. The van der Waals surface area contributed by atoms with Gasteiger partial charge >= 0.3 is 11.8 Å². The molecule has 0 bridgehead atoms. The Hall–Kier alpha value is -1.77. The third-order valence-corrected chi connectivity index (χ3v) is 6.46. The first kappa shape index (κ1) is 19.0. The molecule has 0 aliphatic carbocycles. The Balaban J connectivity index is 1.79. The zero-order valence-corrected chi connectivity index (χ0v) is 15.7. The van der Waals surface area contributed by atoms with Crippen LogP contribution in [-0.2, 0) is 30.0 Å². The van der Waals surface area contributed by atoms with E-state index >= 15 is 0 Å². The van der Waals surface area contributed by atoms with Crippen molar-refractivity contribution in [2.75, 3.05) is 37.7 Å². The van der Waals surface area contributed by atoms with Crippen LogP contribution < -0.4 is 0 Å². The highest BCUT2D eigenvalue weighted by Crippen LogP contribution is 2.19. The maximum Gasteiger partial charge on any atom is 0.319 e. The molecule has 9 heteroatoms. The lowest BCUT2D eigenvalue weighted by atomic mass is 10.1. The van der Waals surface area contributed by atoms with E-state index in [2.05, 4.69) is 0 Å². The number of amides is 4. The summed E-state index contributed by atoms with van der Waals surface area (Å²) < 4.78 is 12.0. The molecule has 0 radical (unpaired) electrons. The van der Waals surface area contributed by atoms with Gasteiger partial charge in [-0.05, 0) is 38.5 Å². The molecule has 0 aromatic carbocycles. The van der Waals surface area contributed by atoms with Gasteiger partial charge in [0.1, 0.15) is 11.8 Å². The van der Waals surface area contributed by atoms with Crippen molar-refractivity contribution in [3.63, 3.8) is 0 Å². The first-order valence-electron chi connectivity index (χ1n) is 9.28. The van der Waals surface area contributed by atoms with Gasteiger partial charge in [0.15, 0.2) is 0 Å². The Labute approximate surface area is 155 Å². The van der Waals surface area contributed by atoms with Crippen molar-refractivity contribution in [2.45, 2.75) is 44.6 Å². The molecule has 8 nitrogen and oxygen atoms in total. The largest absolute Gasteiger partial charge is 0.341 e. The van der Waals surface area contributed by atoms with Crippen molar-refractivity contribution >= 4 is 34.4 Å². The van der Waals surface area contributed by atoms with E-state index in [0.29, 0.717) is 26.2 Å². The third-order valence-electron chi connectivity index (χ3n) is 5.21. The molecule has 0 N–H and O–H groups in total. The molecule has 3 fully saturated rings. The Morgan fingerprint density at radius 3 is 1.92 bits per heavy atom. The van der Waals surface area contributed by atoms with Crippen LogP contribution >= 0.6 is 0 Å². The van der Waals surface area contributed by atoms with Crippen LogP contribution in [0.3, 0.4) is 0 Å². The molecule has 3 aliphatic rings. The Kier molecular flexibility index (Phi) is 6.05. The fourth-order valence-corrected chi connectivity index (χ4v) is 4.96. The van der Waals surface area contributed by atoms with Crippen LogP contribution in [0, 0.1) is 0 Å². The fourth-order valence-electron chi connectivity index (χ4n) is 3.79. The van der Waals surface area contributed by atoms with Crippen LogP contribution in [0.25, 0.3) is 0 Å². The number of rotatable bonds is 1. The summed E-state index contributed by atoms with van der Waals surface area (Å²) in [6, 6.07) is -1.13. The predicted octanol–water partition coefficient (Wildman–Crippen LogP) is -0.502. The molecule has 4 amide bonds. The van der Waals surface area contributed by atoms with Crippen molar-refractivity contribution in [1.82, 2.24) is 14.7 Å². The molecule has 0 aromatic heterocycles. The smallest absolute Gasteiger partial charge is 0.319 e. The summed E-state index contributed by atoms with van der Waals surface area (Å²) >= 11 is 0. The number of likely N-dealkylation sites (tertiary alicyclic amines) is 2. The second kappa shape index (κ2) is 8.28. The average Bonchev–Trinajstić information content (AvgIpc) is 2.67. The van der Waals surface area contributed by atoms with Gasteiger partial charge in [-0.3, -0.25) is 28.3 Å². The minimum atomic E-state index is -1.50. The number of imide groups is 1. The molecule has 3 saturated heterocycles. The normalized spacial score (nSPS) is 27.4. The number of hydrogen-bond donors (Lipinski definition) is 0. The van der Waals surface area contributed by atoms with Gasteiger partial charge in [0, 0.05) is 37.0 Å². The molecule has 2 atom stereocenters. The molecular weight excluding hydrogens is 358 g/mol. The topological polar surface area (TPSA) is 95.1 Å². The number of nitrogens with zero attached hydrogens (tertiary/aromatic N) is 3. The van der Waals surface area contributed by atoms with E-state index in [1.165, 1.54) is 4.90 Å². The highest BCUT2D eigenvalue weighted by atomic mass is 32.2. The van der Waals surface area contributed by atoms with E-state index in [1.54, 1.807) is 4.90 Å². The minimum absolute atomic E-state index is 0.0832. The van der Waals surface area contributed by atoms with E-state index in [9.17, 15) is 23.4 Å². The van der Waals surface area contributed by atoms with Gasteiger partial charge in [-0.15, -0.1) is 0 Å². The SMILES string of the molecule is O=C(C(=O)N1C(=O)CS(=O)CC1C(=O)N1CCCCC1)N1CCCCC1. The second-order valence-corrected chi connectivity index (χ2v) is 8.58. The predicted molar refractivity (Wildman–Crippen MR) is 94.4 cm³/mol. The monoisotopic (exact) mass is 383 g/mol. The molecule has 2 unspecified atom stereocenters. The molecule has 144 valence electrons. The molecule has 3 aliphatic heterocycles. The quantitative estimate of drug-likeness (QED) is 0.569. The van der Waals surface area contributed by atoms with Crippen LogP contribution in [0.15, 0.2) is 0 Å². The van der Waals surface area contributed by atoms with E-state index in [-0.39, 0.29) is 17.4 Å². The van der Waals surface area contributed by atoms with Gasteiger partial charge in [0.25, 0.3) is 0 Å². The molecule has 0 aromatic rings. The van der Waals surface area contributed by atoms with Gasteiger partial charge in [0.05, 0.1) is 5.75 Å². The maximum atomic E-state index is 12.9. The first-order valence-corrected chi connectivity index (χ1v) is 10.8.